The Kier molecular flexibility index (Phi) is 3.96. The molecule has 0 fully saturated rings. The normalized spacial score (nSPS) is 11.8. The third-order valence-corrected chi connectivity index (χ3v) is 3.75. The lowest BCUT2D eigenvalue weighted by Gasteiger charge is -2.13. The van der Waals surface area contributed by atoms with Gasteiger partial charge in [-0.25, -0.2) is 0 Å². The molecule has 25 heavy (non-hydrogen) atoms. The molecule has 0 unspecified atom stereocenters. The summed E-state index contributed by atoms with van der Waals surface area (Å²) in [5.41, 5.74) is 0.998. The van der Waals surface area contributed by atoms with Crippen molar-refractivity contribution in [2.24, 2.45) is 0 Å². The van der Waals surface area contributed by atoms with E-state index in [4.69, 9.17) is 14.2 Å². The second-order valence-electron chi connectivity index (χ2n) is 5.40. The van der Waals surface area contributed by atoms with E-state index in [1.165, 1.54) is 0 Å². The molecule has 0 saturated carbocycles. The van der Waals surface area contributed by atoms with E-state index < -0.39 is 0 Å². The van der Waals surface area contributed by atoms with Gasteiger partial charge in [-0.05, 0) is 36.4 Å². The molecule has 1 amide bonds. The second kappa shape index (κ2) is 6.57. The van der Waals surface area contributed by atoms with Crippen LogP contribution in [0.25, 0.3) is 0 Å². The number of benzene rings is 3. The van der Waals surface area contributed by atoms with Gasteiger partial charge >= 0.3 is 0 Å². The van der Waals surface area contributed by atoms with E-state index in [0.29, 0.717) is 34.2 Å². The van der Waals surface area contributed by atoms with E-state index in [9.17, 15) is 4.79 Å². The summed E-state index contributed by atoms with van der Waals surface area (Å²) < 4.78 is 16.6. The first kappa shape index (κ1) is 15.1. The van der Waals surface area contributed by atoms with Crippen molar-refractivity contribution in [2.75, 3.05) is 12.1 Å². The predicted octanol–water partition coefficient (Wildman–Crippen LogP) is 4.46. The van der Waals surface area contributed by atoms with Crippen LogP contribution in [0.15, 0.2) is 72.8 Å². The third-order valence-electron chi connectivity index (χ3n) is 3.75. The molecule has 0 aliphatic carbocycles. The number of hydrogen-bond acceptors (Lipinski definition) is 4. The Morgan fingerprint density at radius 3 is 2.56 bits per heavy atom. The van der Waals surface area contributed by atoms with Crippen LogP contribution in [-0.4, -0.2) is 12.7 Å². The summed E-state index contributed by atoms with van der Waals surface area (Å²) in [6.45, 7) is 0.118. The van der Waals surface area contributed by atoms with Crippen molar-refractivity contribution >= 4 is 11.6 Å². The van der Waals surface area contributed by atoms with Gasteiger partial charge in [-0.2, -0.15) is 0 Å². The van der Waals surface area contributed by atoms with Crippen molar-refractivity contribution in [2.45, 2.75) is 0 Å². The standard InChI is InChI=1S/C20H15NO4/c22-20(15-9-6-12-18-19(15)24-13-23-18)21-16-10-4-5-11-17(16)25-14-7-2-1-3-8-14/h1-12H,13H2,(H,21,22). The molecular weight excluding hydrogens is 318 g/mol. The highest BCUT2D eigenvalue weighted by atomic mass is 16.7. The summed E-state index contributed by atoms with van der Waals surface area (Å²) in [5, 5.41) is 2.88. The highest BCUT2D eigenvalue weighted by Crippen LogP contribution is 2.36. The van der Waals surface area contributed by atoms with Crippen molar-refractivity contribution < 1.29 is 19.0 Å². The molecule has 1 aliphatic rings. The molecule has 3 aromatic rings. The number of nitrogens with one attached hydrogen (secondary N) is 1. The van der Waals surface area contributed by atoms with Gasteiger partial charge in [-0.15, -0.1) is 0 Å². The quantitative estimate of drug-likeness (QED) is 0.766. The minimum absolute atomic E-state index is 0.118. The van der Waals surface area contributed by atoms with E-state index in [1.54, 1.807) is 30.3 Å². The van der Waals surface area contributed by atoms with Crippen molar-refractivity contribution in [1.29, 1.82) is 0 Å². The highest BCUT2D eigenvalue weighted by molar-refractivity contribution is 6.07. The number of carbonyl (C=O) groups is 1. The summed E-state index contributed by atoms with van der Waals surface area (Å²) in [5.74, 6) is 2.00. The SMILES string of the molecule is O=C(Nc1ccccc1Oc1ccccc1)c1cccc2c1OCO2. The Morgan fingerprint density at radius 1 is 0.880 bits per heavy atom. The molecule has 0 saturated heterocycles. The van der Waals surface area contributed by atoms with Gasteiger partial charge in [0, 0.05) is 0 Å². The number of anilines is 1. The predicted molar refractivity (Wildman–Crippen MR) is 93.5 cm³/mol. The molecule has 5 nitrogen and oxygen atoms in total. The van der Waals surface area contributed by atoms with Crippen LogP contribution in [0, 0.1) is 0 Å². The van der Waals surface area contributed by atoms with E-state index >= 15 is 0 Å². The number of hydrogen-bond donors (Lipinski definition) is 1. The number of rotatable bonds is 4. The lowest BCUT2D eigenvalue weighted by molar-refractivity contribution is 0.102. The molecule has 3 aromatic carbocycles. The van der Waals surface area contributed by atoms with Crippen molar-refractivity contribution in [3.05, 3.63) is 78.4 Å². The van der Waals surface area contributed by atoms with E-state index in [2.05, 4.69) is 5.32 Å². The fourth-order valence-electron chi connectivity index (χ4n) is 2.57. The summed E-state index contributed by atoms with van der Waals surface area (Å²) >= 11 is 0. The Morgan fingerprint density at radius 2 is 1.68 bits per heavy atom. The summed E-state index contributed by atoms with van der Waals surface area (Å²) in [6.07, 6.45) is 0. The summed E-state index contributed by atoms with van der Waals surface area (Å²) in [7, 11) is 0. The molecule has 1 aliphatic heterocycles. The van der Waals surface area contributed by atoms with Crippen molar-refractivity contribution in [3.63, 3.8) is 0 Å². The van der Waals surface area contributed by atoms with Gasteiger partial charge in [0.15, 0.2) is 17.2 Å². The average molecular weight is 333 g/mol. The molecule has 0 radical (unpaired) electrons. The van der Waals surface area contributed by atoms with Crippen molar-refractivity contribution in [1.82, 2.24) is 0 Å². The number of amides is 1. The second-order valence-corrected chi connectivity index (χ2v) is 5.40. The van der Waals surface area contributed by atoms with Crippen LogP contribution < -0.4 is 19.5 Å². The van der Waals surface area contributed by atoms with Gasteiger partial charge in [0.2, 0.25) is 6.79 Å². The molecule has 0 atom stereocenters. The topological polar surface area (TPSA) is 56.8 Å². The summed E-state index contributed by atoms with van der Waals surface area (Å²) in [4.78, 5) is 12.7. The molecule has 0 aromatic heterocycles. The monoisotopic (exact) mass is 333 g/mol. The van der Waals surface area contributed by atoms with Gasteiger partial charge in [-0.1, -0.05) is 36.4 Å². The maximum absolute atomic E-state index is 12.7. The molecule has 124 valence electrons. The molecule has 0 bridgehead atoms. The van der Waals surface area contributed by atoms with E-state index in [0.717, 1.165) is 0 Å². The van der Waals surface area contributed by atoms with Crippen LogP contribution in [0.1, 0.15) is 10.4 Å². The zero-order chi connectivity index (χ0) is 17.1. The smallest absolute Gasteiger partial charge is 0.259 e. The van der Waals surface area contributed by atoms with Gasteiger partial charge in [0.25, 0.3) is 5.91 Å². The Balaban J connectivity index is 1.59. The maximum Gasteiger partial charge on any atom is 0.259 e. The van der Waals surface area contributed by atoms with Gasteiger partial charge in [-0.3, -0.25) is 4.79 Å². The van der Waals surface area contributed by atoms with Crippen molar-refractivity contribution in [3.8, 4) is 23.0 Å². The Hall–Kier alpha value is -3.47. The van der Waals surface area contributed by atoms with Crippen LogP contribution in [0.2, 0.25) is 0 Å². The molecule has 1 N–H and O–H groups in total. The molecule has 0 spiro atoms. The number of fused-ring (bicyclic) bond motifs is 1. The van der Waals surface area contributed by atoms with Gasteiger partial charge < -0.3 is 19.5 Å². The van der Waals surface area contributed by atoms with Gasteiger partial charge in [0.05, 0.1) is 11.3 Å². The number of para-hydroxylation sites is 4. The molecule has 1 heterocycles. The maximum atomic E-state index is 12.7. The zero-order valence-electron chi connectivity index (χ0n) is 13.3. The fourth-order valence-corrected chi connectivity index (χ4v) is 2.57. The molecule has 5 heteroatoms. The van der Waals surface area contributed by atoms with Crippen LogP contribution in [0.5, 0.6) is 23.0 Å². The lowest BCUT2D eigenvalue weighted by Crippen LogP contribution is -2.13. The van der Waals surface area contributed by atoms with Crippen LogP contribution in [-0.2, 0) is 0 Å². The van der Waals surface area contributed by atoms with Crippen LogP contribution in [0.3, 0.4) is 0 Å². The third kappa shape index (κ3) is 3.12. The van der Waals surface area contributed by atoms with Gasteiger partial charge in [0.1, 0.15) is 5.75 Å². The zero-order valence-corrected chi connectivity index (χ0v) is 13.3. The number of ether oxygens (including phenoxy) is 3. The molecular formula is C20H15NO4. The average Bonchev–Trinajstić information content (AvgIpc) is 3.13. The molecule has 4 rings (SSSR count). The fraction of sp³-hybridized carbons (Fsp3) is 0.0500. The summed E-state index contributed by atoms with van der Waals surface area (Å²) in [6, 6.07) is 21.9. The van der Waals surface area contributed by atoms with Crippen LogP contribution >= 0.6 is 0 Å². The van der Waals surface area contributed by atoms with E-state index in [1.807, 2.05) is 42.5 Å². The first-order valence-corrected chi connectivity index (χ1v) is 7.83. The van der Waals surface area contributed by atoms with Crippen LogP contribution in [0.4, 0.5) is 5.69 Å². The van der Waals surface area contributed by atoms with E-state index in [-0.39, 0.29) is 12.7 Å². The first-order valence-electron chi connectivity index (χ1n) is 7.83. The minimum Gasteiger partial charge on any atom is -0.455 e. The number of carbonyl (C=O) groups excluding carboxylic acids is 1. The Bertz CT molecular complexity index is 909. The Labute approximate surface area is 144 Å². The minimum atomic E-state index is -0.286. The largest absolute Gasteiger partial charge is 0.455 e. The highest BCUT2D eigenvalue weighted by Gasteiger charge is 2.22. The first-order chi connectivity index (χ1) is 12.3. The lowest BCUT2D eigenvalue weighted by atomic mass is 10.1.